The minimum absolute atomic E-state index is 0.440. The molecule has 1 unspecified atom stereocenters. The largest absolute Gasteiger partial charge is 0.481 e. The van der Waals surface area contributed by atoms with Crippen LogP contribution in [0, 0.1) is 5.41 Å². The van der Waals surface area contributed by atoms with Gasteiger partial charge in [-0.15, -0.1) is 0 Å². The number of carboxylic acids is 1. The second-order valence-electron chi connectivity index (χ2n) is 9.39. The Labute approximate surface area is 233 Å². The number of hydrogen-bond donors (Lipinski definition) is 2. The molecule has 5 nitrogen and oxygen atoms in total. The summed E-state index contributed by atoms with van der Waals surface area (Å²) in [6, 6.07) is 8.39. The molecular formula is C31H56ClN3O2. The summed E-state index contributed by atoms with van der Waals surface area (Å²) in [4.78, 5) is 17.2. The van der Waals surface area contributed by atoms with Gasteiger partial charge >= 0.3 is 5.97 Å². The zero-order valence-corrected chi connectivity index (χ0v) is 26.2. The number of nitrogens with one attached hydrogen (secondary N) is 1. The van der Waals surface area contributed by atoms with Gasteiger partial charge in [-0.25, -0.2) is 0 Å². The van der Waals surface area contributed by atoms with Crippen molar-refractivity contribution in [2.24, 2.45) is 5.41 Å². The molecule has 0 radical (unpaired) electrons. The number of fused-ring (bicyclic) bond motifs is 1. The number of aromatic nitrogens is 1. The van der Waals surface area contributed by atoms with Crippen LogP contribution in [0.4, 0.5) is 5.69 Å². The van der Waals surface area contributed by atoms with E-state index in [1.54, 1.807) is 13.8 Å². The molecule has 2 N–H and O–H groups in total. The van der Waals surface area contributed by atoms with E-state index < -0.39 is 11.4 Å². The Hall–Kier alpha value is -1.85. The molecule has 2 aromatic rings. The maximum atomic E-state index is 10.3. The number of unbranched alkanes of at least 4 members (excludes halogenated alkanes) is 2. The summed E-state index contributed by atoms with van der Waals surface area (Å²) >= 11 is 6.07. The van der Waals surface area contributed by atoms with Gasteiger partial charge in [0.05, 0.1) is 10.9 Å². The maximum Gasteiger partial charge on any atom is 0.309 e. The minimum Gasteiger partial charge on any atom is -0.481 e. The van der Waals surface area contributed by atoms with Gasteiger partial charge in [0.15, 0.2) is 0 Å². The van der Waals surface area contributed by atoms with E-state index >= 15 is 0 Å². The Morgan fingerprint density at radius 1 is 1.05 bits per heavy atom. The van der Waals surface area contributed by atoms with Crippen molar-refractivity contribution >= 4 is 34.2 Å². The summed E-state index contributed by atoms with van der Waals surface area (Å²) in [7, 11) is 0. The summed E-state index contributed by atoms with van der Waals surface area (Å²) in [5.41, 5.74) is 1.54. The molecule has 0 saturated heterocycles. The fourth-order valence-corrected chi connectivity index (χ4v) is 3.54. The third-order valence-electron chi connectivity index (χ3n) is 6.21. The highest BCUT2D eigenvalue weighted by Crippen LogP contribution is 2.25. The van der Waals surface area contributed by atoms with Crippen molar-refractivity contribution in [1.29, 1.82) is 0 Å². The number of carbonyl (C=O) groups is 1. The maximum absolute atomic E-state index is 10.3. The van der Waals surface area contributed by atoms with Gasteiger partial charge < -0.3 is 15.3 Å². The normalized spacial score (nSPS) is 11.4. The summed E-state index contributed by atoms with van der Waals surface area (Å²) in [6.07, 6.45) is 8.88. The van der Waals surface area contributed by atoms with Gasteiger partial charge in [-0.1, -0.05) is 72.9 Å². The molecule has 0 saturated carbocycles. The van der Waals surface area contributed by atoms with Gasteiger partial charge in [-0.3, -0.25) is 9.78 Å². The highest BCUT2D eigenvalue weighted by Gasteiger charge is 2.23. The summed E-state index contributed by atoms with van der Waals surface area (Å²) in [6.45, 7) is 23.7. The van der Waals surface area contributed by atoms with Crippen LogP contribution >= 0.6 is 11.6 Å². The van der Waals surface area contributed by atoms with E-state index in [9.17, 15) is 4.79 Å². The molecular weight excluding hydrogens is 482 g/mol. The van der Waals surface area contributed by atoms with Crippen LogP contribution in [0.1, 0.15) is 108 Å². The number of anilines is 1. The Morgan fingerprint density at radius 3 is 2.19 bits per heavy atom. The lowest BCUT2D eigenvalue weighted by atomic mass is 9.91. The van der Waals surface area contributed by atoms with Crippen LogP contribution < -0.4 is 5.32 Å². The number of carboxylic acid groups (broad SMARTS) is 1. The predicted octanol–water partition coefficient (Wildman–Crippen LogP) is 9.54. The van der Waals surface area contributed by atoms with Crippen LogP contribution in [0.2, 0.25) is 5.02 Å². The van der Waals surface area contributed by atoms with E-state index in [0.717, 1.165) is 28.2 Å². The van der Waals surface area contributed by atoms with E-state index in [-0.39, 0.29) is 0 Å². The first-order valence-corrected chi connectivity index (χ1v) is 14.8. The zero-order valence-electron chi connectivity index (χ0n) is 25.5. The molecule has 1 aromatic heterocycles. The third kappa shape index (κ3) is 15.9. The second kappa shape index (κ2) is 22.2. The Morgan fingerprint density at radius 2 is 1.68 bits per heavy atom. The molecule has 1 aromatic carbocycles. The molecule has 2 rings (SSSR count). The standard InChI is InChI=1S/C21H32ClN3.C6H12O2.2C2H6/c1-4-6-7-14-25(5-2)15-8-9-17(3)24-20-12-13-23-21-16-18(22)10-11-19(20)21;1-4-6(2,3)5(7)8;2*1-2/h10-13,16-17H,4-9,14-15H2,1-3H3,(H,23,24);4H2,1-3H3,(H,7,8);2*1-2H3. The topological polar surface area (TPSA) is 65.5 Å². The lowest BCUT2D eigenvalue weighted by Crippen LogP contribution is -2.27. The molecule has 0 aliphatic rings. The summed E-state index contributed by atoms with van der Waals surface area (Å²) in [5.74, 6) is -0.722. The van der Waals surface area contributed by atoms with E-state index in [1.165, 1.54) is 45.2 Å². The van der Waals surface area contributed by atoms with Crippen molar-refractivity contribution in [3.8, 4) is 0 Å². The first-order chi connectivity index (χ1) is 17.6. The minimum atomic E-state index is -0.722. The van der Waals surface area contributed by atoms with Crippen molar-refractivity contribution in [2.45, 2.75) is 114 Å². The molecule has 6 heteroatoms. The number of aliphatic carboxylic acids is 1. The first-order valence-electron chi connectivity index (χ1n) is 14.4. The molecule has 214 valence electrons. The Bertz CT molecular complexity index is 842. The van der Waals surface area contributed by atoms with Crippen LogP contribution in [0.3, 0.4) is 0 Å². The molecule has 0 amide bonds. The van der Waals surface area contributed by atoms with Gasteiger partial charge in [0.2, 0.25) is 0 Å². The van der Waals surface area contributed by atoms with E-state index in [1.807, 2.05) is 59.0 Å². The fraction of sp³-hybridized carbons (Fsp3) is 0.677. The number of nitrogens with zero attached hydrogens (tertiary/aromatic N) is 2. The predicted molar refractivity (Wildman–Crippen MR) is 165 cm³/mol. The SMILES string of the molecule is CC.CC.CCC(C)(C)C(=O)O.CCCCCN(CC)CCCC(C)Nc1ccnc2cc(Cl)ccc12. The smallest absolute Gasteiger partial charge is 0.309 e. The first kappa shape index (κ1) is 37.3. The summed E-state index contributed by atoms with van der Waals surface area (Å²) < 4.78 is 0. The van der Waals surface area contributed by atoms with Gasteiger partial charge in [-0.05, 0) is 90.4 Å². The lowest BCUT2D eigenvalue weighted by Gasteiger charge is -2.22. The Kier molecular flexibility index (Phi) is 22.3. The van der Waals surface area contributed by atoms with Crippen LogP contribution in [0.25, 0.3) is 10.9 Å². The number of hydrogen-bond acceptors (Lipinski definition) is 4. The lowest BCUT2D eigenvalue weighted by molar-refractivity contribution is -0.147. The number of benzene rings is 1. The average Bonchev–Trinajstić information content (AvgIpc) is 2.90. The monoisotopic (exact) mass is 537 g/mol. The highest BCUT2D eigenvalue weighted by molar-refractivity contribution is 6.31. The van der Waals surface area contributed by atoms with Gasteiger partial charge in [0.25, 0.3) is 0 Å². The van der Waals surface area contributed by atoms with Crippen molar-refractivity contribution in [3.63, 3.8) is 0 Å². The Balaban J connectivity index is 0. The average molecular weight is 538 g/mol. The zero-order chi connectivity index (χ0) is 28.9. The van der Waals surface area contributed by atoms with E-state index in [2.05, 4.69) is 42.0 Å². The van der Waals surface area contributed by atoms with Gasteiger partial charge in [0.1, 0.15) is 0 Å². The van der Waals surface area contributed by atoms with Crippen molar-refractivity contribution in [1.82, 2.24) is 9.88 Å². The molecule has 1 atom stereocenters. The highest BCUT2D eigenvalue weighted by atomic mass is 35.5. The van der Waals surface area contributed by atoms with E-state index in [0.29, 0.717) is 12.5 Å². The van der Waals surface area contributed by atoms with Crippen LogP contribution in [0.5, 0.6) is 0 Å². The fourth-order valence-electron chi connectivity index (χ4n) is 3.37. The van der Waals surface area contributed by atoms with Crippen LogP contribution in [0.15, 0.2) is 30.5 Å². The third-order valence-corrected chi connectivity index (χ3v) is 6.44. The van der Waals surface area contributed by atoms with Gasteiger partial charge in [-0.2, -0.15) is 0 Å². The van der Waals surface area contributed by atoms with Crippen LogP contribution in [-0.4, -0.2) is 46.6 Å². The number of halogens is 1. The van der Waals surface area contributed by atoms with Crippen molar-refractivity contribution in [2.75, 3.05) is 25.0 Å². The van der Waals surface area contributed by atoms with E-state index in [4.69, 9.17) is 16.7 Å². The second-order valence-corrected chi connectivity index (χ2v) is 9.83. The molecule has 0 aliphatic carbocycles. The molecule has 0 bridgehead atoms. The van der Waals surface area contributed by atoms with Crippen LogP contribution in [-0.2, 0) is 4.79 Å². The van der Waals surface area contributed by atoms with Crippen molar-refractivity contribution in [3.05, 3.63) is 35.5 Å². The molecule has 1 heterocycles. The molecule has 37 heavy (non-hydrogen) atoms. The van der Waals surface area contributed by atoms with Gasteiger partial charge in [0, 0.05) is 28.3 Å². The molecule has 0 fully saturated rings. The van der Waals surface area contributed by atoms with Crippen molar-refractivity contribution < 1.29 is 9.90 Å². The number of pyridine rings is 1. The number of rotatable bonds is 13. The summed E-state index contributed by atoms with van der Waals surface area (Å²) in [5, 5.41) is 14.0. The molecule has 0 spiro atoms. The molecule has 0 aliphatic heterocycles. The quantitative estimate of drug-likeness (QED) is 0.249.